The summed E-state index contributed by atoms with van der Waals surface area (Å²) in [6, 6.07) is 17.4. The highest BCUT2D eigenvalue weighted by molar-refractivity contribution is 5.83. The van der Waals surface area contributed by atoms with Gasteiger partial charge in [-0.1, -0.05) is 24.3 Å². The van der Waals surface area contributed by atoms with E-state index < -0.39 is 0 Å². The summed E-state index contributed by atoms with van der Waals surface area (Å²) in [7, 11) is 0. The van der Waals surface area contributed by atoms with Gasteiger partial charge in [0.2, 0.25) is 17.1 Å². The molecule has 1 saturated heterocycles. The van der Waals surface area contributed by atoms with Gasteiger partial charge in [-0.05, 0) is 42.8 Å². The molecular formula is C28H30N4O4. The largest absolute Gasteiger partial charge is 0.484 e. The van der Waals surface area contributed by atoms with E-state index >= 15 is 0 Å². The van der Waals surface area contributed by atoms with Crippen LogP contribution in [0.5, 0.6) is 5.75 Å². The average molecular weight is 487 g/mol. The van der Waals surface area contributed by atoms with Crippen LogP contribution in [0.4, 0.5) is 5.88 Å². The molecule has 8 heteroatoms. The first-order valence-corrected chi connectivity index (χ1v) is 12.2. The molecule has 1 aliphatic heterocycles. The molecule has 1 fully saturated rings. The Morgan fingerprint density at radius 3 is 2.28 bits per heavy atom. The fourth-order valence-corrected chi connectivity index (χ4v) is 4.36. The van der Waals surface area contributed by atoms with Gasteiger partial charge in [-0.15, -0.1) is 0 Å². The maximum absolute atomic E-state index is 13.5. The maximum Gasteiger partial charge on any atom is 0.243 e. The molecule has 8 nitrogen and oxygen atoms in total. The molecule has 3 aromatic heterocycles. The van der Waals surface area contributed by atoms with Crippen molar-refractivity contribution in [2.45, 2.75) is 20.0 Å². The summed E-state index contributed by atoms with van der Waals surface area (Å²) in [4.78, 5) is 26.7. The molecule has 0 bridgehead atoms. The van der Waals surface area contributed by atoms with Crippen LogP contribution in [-0.4, -0.2) is 54.3 Å². The molecular weight excluding hydrogens is 456 g/mol. The summed E-state index contributed by atoms with van der Waals surface area (Å²) in [5.74, 6) is 0.733. The topological polar surface area (TPSA) is 80.9 Å². The Morgan fingerprint density at radius 1 is 0.944 bits per heavy atom. The van der Waals surface area contributed by atoms with Gasteiger partial charge in [-0.25, -0.2) is 0 Å². The zero-order valence-electron chi connectivity index (χ0n) is 20.4. The summed E-state index contributed by atoms with van der Waals surface area (Å²) >= 11 is 0. The molecule has 0 amide bonds. The first-order chi connectivity index (χ1) is 17.7. The number of fused-ring (bicyclic) bond motifs is 1. The number of hydrogen-bond acceptors (Lipinski definition) is 8. The molecule has 0 atom stereocenters. The van der Waals surface area contributed by atoms with Crippen LogP contribution in [0.1, 0.15) is 17.0 Å². The third-order valence-corrected chi connectivity index (χ3v) is 6.23. The first-order valence-electron chi connectivity index (χ1n) is 12.2. The minimum absolute atomic E-state index is 0.151. The van der Waals surface area contributed by atoms with E-state index in [1.54, 1.807) is 18.5 Å². The van der Waals surface area contributed by atoms with Crippen molar-refractivity contribution < 1.29 is 13.9 Å². The van der Waals surface area contributed by atoms with Gasteiger partial charge in [0.15, 0.2) is 0 Å². The maximum atomic E-state index is 13.5. The van der Waals surface area contributed by atoms with Crippen LogP contribution in [-0.2, 0) is 17.8 Å². The standard InChI is InChI=1S/C28H30N4O4/c1-21-7-6-10-24-25(33)27(28(36-26(21)24)32-14-16-34-17-15-32)35-18-13-31(19-22-8-2-4-11-29-22)20-23-9-3-5-12-30-23/h2-12H,13-20H2,1H3. The fourth-order valence-electron chi connectivity index (χ4n) is 4.36. The molecule has 0 aliphatic carbocycles. The minimum Gasteiger partial charge on any atom is -0.484 e. The van der Waals surface area contributed by atoms with Crippen LogP contribution in [0.25, 0.3) is 11.0 Å². The van der Waals surface area contributed by atoms with Crippen molar-refractivity contribution in [3.05, 3.63) is 94.2 Å². The van der Waals surface area contributed by atoms with E-state index in [0.717, 1.165) is 17.0 Å². The average Bonchev–Trinajstić information content (AvgIpc) is 2.92. The van der Waals surface area contributed by atoms with Gasteiger partial charge in [0, 0.05) is 45.1 Å². The number of benzene rings is 1. The summed E-state index contributed by atoms with van der Waals surface area (Å²) < 4.78 is 18.0. The van der Waals surface area contributed by atoms with E-state index in [0.29, 0.717) is 69.4 Å². The molecule has 0 saturated carbocycles. The highest BCUT2D eigenvalue weighted by atomic mass is 16.5. The zero-order valence-corrected chi connectivity index (χ0v) is 20.4. The smallest absolute Gasteiger partial charge is 0.243 e. The summed E-state index contributed by atoms with van der Waals surface area (Å²) in [6.07, 6.45) is 3.59. The van der Waals surface area contributed by atoms with Gasteiger partial charge >= 0.3 is 0 Å². The molecule has 186 valence electrons. The Kier molecular flexibility index (Phi) is 7.54. The van der Waals surface area contributed by atoms with Gasteiger partial charge in [-0.2, -0.15) is 0 Å². The molecule has 4 heterocycles. The van der Waals surface area contributed by atoms with Gasteiger partial charge in [0.25, 0.3) is 0 Å². The lowest BCUT2D eigenvalue weighted by atomic mass is 10.1. The van der Waals surface area contributed by atoms with E-state index in [2.05, 4.69) is 14.9 Å². The number of morpholine rings is 1. The van der Waals surface area contributed by atoms with Crippen LogP contribution in [0, 0.1) is 6.92 Å². The van der Waals surface area contributed by atoms with Crippen molar-refractivity contribution in [1.29, 1.82) is 0 Å². The van der Waals surface area contributed by atoms with E-state index in [1.807, 2.05) is 60.4 Å². The molecule has 5 rings (SSSR count). The van der Waals surface area contributed by atoms with E-state index in [9.17, 15) is 4.79 Å². The quantitative estimate of drug-likeness (QED) is 0.353. The Morgan fingerprint density at radius 2 is 1.64 bits per heavy atom. The van der Waals surface area contributed by atoms with Crippen LogP contribution in [0.15, 0.2) is 76.2 Å². The molecule has 0 N–H and O–H groups in total. The number of hydrogen-bond donors (Lipinski definition) is 0. The van der Waals surface area contributed by atoms with Crippen molar-refractivity contribution in [2.75, 3.05) is 44.4 Å². The number of ether oxygens (including phenoxy) is 2. The third-order valence-electron chi connectivity index (χ3n) is 6.23. The van der Waals surface area contributed by atoms with Gasteiger partial charge in [-0.3, -0.25) is 19.7 Å². The predicted octanol–water partition coefficient (Wildman–Crippen LogP) is 3.81. The minimum atomic E-state index is -0.151. The second-order valence-electron chi connectivity index (χ2n) is 8.82. The highest BCUT2D eigenvalue weighted by Gasteiger charge is 2.24. The fraction of sp³-hybridized carbons (Fsp3) is 0.321. The van der Waals surface area contributed by atoms with Crippen LogP contribution >= 0.6 is 0 Å². The molecule has 0 radical (unpaired) electrons. The lowest BCUT2D eigenvalue weighted by Gasteiger charge is -2.29. The van der Waals surface area contributed by atoms with Crippen LogP contribution < -0.4 is 15.1 Å². The number of aromatic nitrogens is 2. The molecule has 0 unspecified atom stereocenters. The molecule has 36 heavy (non-hydrogen) atoms. The van der Waals surface area contributed by atoms with Crippen LogP contribution in [0.3, 0.4) is 0 Å². The Bertz CT molecular complexity index is 1300. The number of pyridine rings is 2. The predicted molar refractivity (Wildman–Crippen MR) is 138 cm³/mol. The van der Waals surface area contributed by atoms with Gasteiger partial charge in [0.05, 0.1) is 30.0 Å². The van der Waals surface area contributed by atoms with Crippen molar-refractivity contribution in [2.24, 2.45) is 0 Å². The summed E-state index contributed by atoms with van der Waals surface area (Å²) in [5, 5.41) is 0.529. The molecule has 0 spiro atoms. The van der Waals surface area contributed by atoms with Gasteiger partial charge in [0.1, 0.15) is 12.2 Å². The zero-order chi connectivity index (χ0) is 24.7. The lowest BCUT2D eigenvalue weighted by Crippen LogP contribution is -2.37. The number of para-hydroxylation sites is 1. The highest BCUT2D eigenvalue weighted by Crippen LogP contribution is 2.31. The Balaban J connectivity index is 1.39. The summed E-state index contributed by atoms with van der Waals surface area (Å²) in [5.41, 5.74) is 3.29. The normalized spacial score (nSPS) is 13.9. The van der Waals surface area contributed by atoms with Crippen molar-refractivity contribution in [3.63, 3.8) is 0 Å². The van der Waals surface area contributed by atoms with Crippen molar-refractivity contribution >= 4 is 16.9 Å². The molecule has 1 aromatic carbocycles. The summed E-state index contributed by atoms with van der Waals surface area (Å²) in [6.45, 7) is 6.57. The number of rotatable bonds is 9. The second-order valence-corrected chi connectivity index (χ2v) is 8.82. The number of nitrogens with zero attached hydrogens (tertiary/aromatic N) is 4. The second kappa shape index (κ2) is 11.3. The van der Waals surface area contributed by atoms with Crippen LogP contribution in [0.2, 0.25) is 0 Å². The Hall–Kier alpha value is -3.75. The van der Waals surface area contributed by atoms with E-state index in [-0.39, 0.29) is 11.2 Å². The van der Waals surface area contributed by atoms with E-state index in [4.69, 9.17) is 13.9 Å². The monoisotopic (exact) mass is 486 g/mol. The Labute approximate surface area is 210 Å². The first kappa shape index (κ1) is 24.0. The molecule has 4 aromatic rings. The lowest BCUT2D eigenvalue weighted by molar-refractivity contribution is 0.120. The van der Waals surface area contributed by atoms with Crippen molar-refractivity contribution in [1.82, 2.24) is 14.9 Å². The van der Waals surface area contributed by atoms with Gasteiger partial charge < -0.3 is 18.8 Å². The SMILES string of the molecule is Cc1cccc2c(=O)c(OCCN(Cc3ccccn3)Cc3ccccn3)c(N3CCOCC3)oc12. The molecule has 1 aliphatic rings. The number of aryl methyl sites for hydroxylation is 1. The van der Waals surface area contributed by atoms with Crippen molar-refractivity contribution in [3.8, 4) is 5.75 Å². The number of anilines is 1. The van der Waals surface area contributed by atoms with E-state index in [1.165, 1.54) is 0 Å². The third kappa shape index (κ3) is 5.56.